The highest BCUT2D eigenvalue weighted by molar-refractivity contribution is 7.89. The molecule has 3 aromatic rings. The Morgan fingerprint density at radius 1 is 0.909 bits per heavy atom. The zero-order valence-electron chi connectivity index (χ0n) is 18.2. The molecule has 172 valence electrons. The summed E-state index contributed by atoms with van der Waals surface area (Å²) < 4.78 is 47.6. The Bertz CT molecular complexity index is 1250. The highest BCUT2D eigenvalue weighted by Gasteiger charge is 2.32. The fourth-order valence-electron chi connectivity index (χ4n) is 4.26. The Hall–Kier alpha value is -3.04. The Balaban J connectivity index is 1.52. The molecule has 0 spiro atoms. The summed E-state index contributed by atoms with van der Waals surface area (Å²) in [6.07, 6.45) is 3.78. The van der Waals surface area contributed by atoms with Crippen molar-refractivity contribution >= 4 is 16.0 Å². The molecule has 5 rings (SSSR count). The van der Waals surface area contributed by atoms with Gasteiger partial charge >= 0.3 is 0 Å². The summed E-state index contributed by atoms with van der Waals surface area (Å²) in [4.78, 5) is 11.8. The van der Waals surface area contributed by atoms with E-state index in [1.165, 1.54) is 22.9 Å². The molecule has 1 saturated heterocycles. The van der Waals surface area contributed by atoms with Gasteiger partial charge in [-0.05, 0) is 43.5 Å². The second kappa shape index (κ2) is 9.07. The number of piperidine rings is 1. The lowest BCUT2D eigenvalue weighted by Crippen LogP contribution is -2.37. The van der Waals surface area contributed by atoms with Crippen molar-refractivity contribution in [1.82, 2.24) is 14.3 Å². The summed E-state index contributed by atoms with van der Waals surface area (Å²) >= 11 is 0. The maximum atomic E-state index is 13.8. The van der Waals surface area contributed by atoms with Crippen LogP contribution in [0.5, 0.6) is 11.6 Å². The molecular weight excluding hydrogens is 443 g/mol. The molecule has 7 nitrogen and oxygen atoms in total. The molecule has 0 atom stereocenters. The van der Waals surface area contributed by atoms with E-state index < -0.39 is 15.8 Å². The molecule has 0 amide bonds. The summed E-state index contributed by atoms with van der Waals surface area (Å²) in [6.45, 7) is 2.15. The second-order valence-corrected chi connectivity index (χ2v) is 10.2. The van der Waals surface area contributed by atoms with Gasteiger partial charge in [-0.1, -0.05) is 24.3 Å². The maximum Gasteiger partial charge on any atom is 0.243 e. The number of hydrogen-bond donors (Lipinski definition) is 0. The van der Waals surface area contributed by atoms with Crippen molar-refractivity contribution in [3.8, 4) is 11.6 Å². The van der Waals surface area contributed by atoms with E-state index >= 15 is 0 Å². The van der Waals surface area contributed by atoms with Crippen LogP contribution in [0.25, 0.3) is 0 Å². The van der Waals surface area contributed by atoms with Gasteiger partial charge in [0.1, 0.15) is 11.6 Å². The molecule has 0 aliphatic carbocycles. The van der Waals surface area contributed by atoms with Crippen molar-refractivity contribution < 1.29 is 17.5 Å². The highest BCUT2D eigenvalue weighted by Crippen LogP contribution is 2.34. The molecule has 3 heterocycles. The fourth-order valence-corrected chi connectivity index (χ4v) is 5.69. The predicted molar refractivity (Wildman–Crippen MR) is 122 cm³/mol. The van der Waals surface area contributed by atoms with Crippen molar-refractivity contribution in [2.24, 2.45) is 0 Å². The standard InChI is InChI=1S/C24H25FN4O3S/c25-18-8-7-9-19(16-18)32-23-21-17-29(33(30,31)20-10-3-1-4-11-20)15-12-22(21)26-24(27-23)28-13-5-2-6-14-28/h1,3-4,7-11,16H,2,5-6,12-15,17H2. The van der Waals surface area contributed by atoms with E-state index in [4.69, 9.17) is 9.72 Å². The first kappa shape index (κ1) is 21.8. The van der Waals surface area contributed by atoms with Crippen LogP contribution in [0.15, 0.2) is 59.5 Å². The highest BCUT2D eigenvalue weighted by atomic mass is 32.2. The van der Waals surface area contributed by atoms with E-state index in [-0.39, 0.29) is 17.3 Å². The monoisotopic (exact) mass is 468 g/mol. The zero-order chi connectivity index (χ0) is 22.8. The molecule has 0 unspecified atom stereocenters. The van der Waals surface area contributed by atoms with Crippen molar-refractivity contribution in [3.05, 3.63) is 71.7 Å². The third-order valence-electron chi connectivity index (χ3n) is 6.01. The SMILES string of the molecule is O=S(=O)(c1ccccc1)N1CCc2nc(N3CCCCC3)nc(Oc3cccc(F)c3)c2C1. The summed E-state index contributed by atoms with van der Waals surface area (Å²) in [5.74, 6) is 0.752. The number of ether oxygens (including phenoxy) is 1. The van der Waals surface area contributed by atoms with Gasteiger partial charge in [0.2, 0.25) is 21.9 Å². The Morgan fingerprint density at radius 3 is 2.45 bits per heavy atom. The molecule has 0 bridgehead atoms. The van der Waals surface area contributed by atoms with Gasteiger partial charge in [0, 0.05) is 38.7 Å². The molecule has 1 aromatic heterocycles. The first-order chi connectivity index (χ1) is 16.0. The maximum absolute atomic E-state index is 13.8. The van der Waals surface area contributed by atoms with Crippen LogP contribution in [0.3, 0.4) is 0 Å². The van der Waals surface area contributed by atoms with Crippen LogP contribution in [0.4, 0.5) is 10.3 Å². The van der Waals surface area contributed by atoms with Gasteiger partial charge in [0.05, 0.1) is 16.2 Å². The Morgan fingerprint density at radius 2 is 1.70 bits per heavy atom. The van der Waals surface area contributed by atoms with Crippen LogP contribution in [0.2, 0.25) is 0 Å². The van der Waals surface area contributed by atoms with Gasteiger partial charge < -0.3 is 9.64 Å². The first-order valence-electron chi connectivity index (χ1n) is 11.1. The van der Waals surface area contributed by atoms with Crippen LogP contribution < -0.4 is 9.64 Å². The number of rotatable bonds is 5. The summed E-state index contributed by atoms with van der Waals surface area (Å²) in [5.41, 5.74) is 1.39. The normalized spacial score (nSPS) is 16.9. The van der Waals surface area contributed by atoms with E-state index in [0.29, 0.717) is 30.2 Å². The number of halogens is 1. The van der Waals surface area contributed by atoms with Gasteiger partial charge in [-0.3, -0.25) is 0 Å². The van der Waals surface area contributed by atoms with Gasteiger partial charge in [-0.15, -0.1) is 0 Å². The molecule has 2 aliphatic heterocycles. The average molecular weight is 469 g/mol. The van der Waals surface area contributed by atoms with Gasteiger partial charge in [0.25, 0.3) is 0 Å². The van der Waals surface area contributed by atoms with Crippen molar-refractivity contribution in [2.75, 3.05) is 24.5 Å². The van der Waals surface area contributed by atoms with Crippen LogP contribution in [0.1, 0.15) is 30.5 Å². The van der Waals surface area contributed by atoms with Gasteiger partial charge in [0.15, 0.2) is 0 Å². The molecule has 9 heteroatoms. The third-order valence-corrected chi connectivity index (χ3v) is 7.87. The average Bonchev–Trinajstić information content (AvgIpc) is 2.85. The number of sulfonamides is 1. The number of benzene rings is 2. The van der Waals surface area contributed by atoms with Crippen molar-refractivity contribution in [3.63, 3.8) is 0 Å². The smallest absolute Gasteiger partial charge is 0.243 e. The van der Waals surface area contributed by atoms with E-state index in [1.54, 1.807) is 42.5 Å². The summed E-state index contributed by atoms with van der Waals surface area (Å²) in [6, 6.07) is 14.2. The predicted octanol–water partition coefficient (Wildman–Crippen LogP) is 4.15. The van der Waals surface area contributed by atoms with E-state index in [1.807, 2.05) is 0 Å². The number of aromatic nitrogens is 2. The Kier molecular flexibility index (Phi) is 5.99. The molecule has 33 heavy (non-hydrogen) atoms. The van der Waals surface area contributed by atoms with Crippen LogP contribution in [-0.2, 0) is 23.0 Å². The summed E-state index contributed by atoms with van der Waals surface area (Å²) in [7, 11) is -3.68. The first-order valence-corrected chi connectivity index (χ1v) is 12.6. The second-order valence-electron chi connectivity index (χ2n) is 8.26. The number of anilines is 1. The van der Waals surface area contributed by atoms with Crippen LogP contribution in [-0.4, -0.2) is 42.3 Å². The molecule has 0 radical (unpaired) electrons. The fraction of sp³-hybridized carbons (Fsp3) is 0.333. The quantitative estimate of drug-likeness (QED) is 0.560. The van der Waals surface area contributed by atoms with E-state index in [9.17, 15) is 12.8 Å². The van der Waals surface area contributed by atoms with Crippen molar-refractivity contribution in [1.29, 1.82) is 0 Å². The summed E-state index contributed by atoms with van der Waals surface area (Å²) in [5, 5.41) is 0. The molecule has 0 N–H and O–H groups in total. The topological polar surface area (TPSA) is 75.6 Å². The minimum Gasteiger partial charge on any atom is -0.438 e. The Labute approximate surface area is 192 Å². The molecule has 0 saturated carbocycles. The minimum absolute atomic E-state index is 0.0947. The molecule has 1 fully saturated rings. The van der Waals surface area contributed by atoms with E-state index in [0.717, 1.165) is 31.6 Å². The third kappa shape index (κ3) is 4.56. The number of hydrogen-bond acceptors (Lipinski definition) is 6. The lowest BCUT2D eigenvalue weighted by atomic mass is 10.1. The van der Waals surface area contributed by atoms with Gasteiger partial charge in [-0.25, -0.2) is 17.8 Å². The van der Waals surface area contributed by atoms with Crippen LogP contribution in [0, 0.1) is 5.82 Å². The molecule has 2 aliphatic rings. The largest absolute Gasteiger partial charge is 0.438 e. The lowest BCUT2D eigenvalue weighted by Gasteiger charge is -2.31. The van der Waals surface area contributed by atoms with Gasteiger partial charge in [-0.2, -0.15) is 9.29 Å². The number of fused-ring (bicyclic) bond motifs is 1. The van der Waals surface area contributed by atoms with Crippen molar-refractivity contribution in [2.45, 2.75) is 37.1 Å². The van der Waals surface area contributed by atoms with Crippen LogP contribution >= 0.6 is 0 Å². The van der Waals surface area contributed by atoms with E-state index in [2.05, 4.69) is 9.88 Å². The minimum atomic E-state index is -3.68. The number of nitrogens with zero attached hydrogens (tertiary/aromatic N) is 4. The molecule has 2 aromatic carbocycles. The zero-order valence-corrected chi connectivity index (χ0v) is 19.0. The molecular formula is C24H25FN4O3S. The lowest BCUT2D eigenvalue weighted by molar-refractivity contribution is 0.368.